The molecular formula is C20H26N6. The molecule has 0 aliphatic carbocycles. The second kappa shape index (κ2) is 5.84. The number of rotatable bonds is 2. The first-order valence-electron chi connectivity index (χ1n) is 9.56. The molecule has 3 aliphatic heterocycles. The van der Waals surface area contributed by atoms with Crippen molar-refractivity contribution in [1.82, 2.24) is 19.6 Å². The molecular weight excluding hydrogens is 324 g/mol. The minimum Gasteiger partial charge on any atom is -0.362 e. The number of aromatic nitrogens is 2. The summed E-state index contributed by atoms with van der Waals surface area (Å²) < 4.78 is 1.97. The van der Waals surface area contributed by atoms with E-state index in [4.69, 9.17) is 4.99 Å². The molecule has 0 unspecified atom stereocenters. The van der Waals surface area contributed by atoms with Crippen LogP contribution in [0.2, 0.25) is 0 Å². The first-order valence-corrected chi connectivity index (χ1v) is 9.56. The quantitative estimate of drug-likeness (QED) is 0.902. The zero-order valence-electron chi connectivity index (χ0n) is 15.6. The van der Waals surface area contributed by atoms with Crippen molar-refractivity contribution in [2.45, 2.75) is 32.0 Å². The van der Waals surface area contributed by atoms with Gasteiger partial charge in [-0.05, 0) is 19.1 Å². The molecule has 0 radical (unpaired) electrons. The Balaban J connectivity index is 1.36. The Kier molecular flexibility index (Phi) is 3.57. The molecule has 3 aliphatic rings. The van der Waals surface area contributed by atoms with Crippen LogP contribution in [0.15, 0.2) is 35.5 Å². The number of benzene rings is 1. The summed E-state index contributed by atoms with van der Waals surface area (Å²) >= 11 is 0. The number of para-hydroxylation sites is 1. The third kappa shape index (κ3) is 2.35. The van der Waals surface area contributed by atoms with E-state index in [9.17, 15) is 0 Å². The third-order valence-electron chi connectivity index (χ3n) is 6.31. The van der Waals surface area contributed by atoms with Crippen molar-refractivity contribution in [1.29, 1.82) is 0 Å². The SMILES string of the molecule is Cc1c(CN2CCC3(CC2)Nc2ccccc2C2=NCCN23)cnn1C. The lowest BCUT2D eigenvalue weighted by Crippen LogP contribution is -2.63. The minimum atomic E-state index is 0.0180. The molecule has 1 spiro atoms. The zero-order chi connectivity index (χ0) is 17.7. The van der Waals surface area contributed by atoms with Crippen molar-refractivity contribution in [3.05, 3.63) is 47.3 Å². The lowest BCUT2D eigenvalue weighted by molar-refractivity contribution is 0.0894. The average Bonchev–Trinajstić information content (AvgIpc) is 3.27. The maximum absolute atomic E-state index is 4.83. The number of hydrogen-bond acceptors (Lipinski definition) is 5. The van der Waals surface area contributed by atoms with Crippen molar-refractivity contribution < 1.29 is 0 Å². The van der Waals surface area contributed by atoms with Gasteiger partial charge in [0, 0.05) is 68.6 Å². The molecule has 1 N–H and O–H groups in total. The Morgan fingerprint density at radius 2 is 1.96 bits per heavy atom. The molecule has 1 fully saturated rings. The Morgan fingerprint density at radius 3 is 2.73 bits per heavy atom. The lowest BCUT2D eigenvalue weighted by atomic mass is 9.90. The van der Waals surface area contributed by atoms with E-state index in [-0.39, 0.29) is 5.66 Å². The van der Waals surface area contributed by atoms with Crippen molar-refractivity contribution in [2.24, 2.45) is 12.0 Å². The zero-order valence-corrected chi connectivity index (χ0v) is 15.6. The topological polar surface area (TPSA) is 48.7 Å². The summed E-state index contributed by atoms with van der Waals surface area (Å²) in [5.74, 6) is 1.19. The van der Waals surface area contributed by atoms with E-state index in [0.717, 1.165) is 45.6 Å². The highest BCUT2D eigenvalue weighted by Crippen LogP contribution is 2.39. The van der Waals surface area contributed by atoms with Crippen LogP contribution in [0.5, 0.6) is 0 Å². The first-order chi connectivity index (χ1) is 12.7. The van der Waals surface area contributed by atoms with Gasteiger partial charge in [0.25, 0.3) is 0 Å². The molecule has 2 aromatic rings. The van der Waals surface area contributed by atoms with Gasteiger partial charge in [-0.25, -0.2) is 0 Å². The monoisotopic (exact) mass is 350 g/mol. The fourth-order valence-corrected chi connectivity index (χ4v) is 4.62. The van der Waals surface area contributed by atoms with E-state index in [1.165, 1.54) is 28.3 Å². The number of likely N-dealkylation sites (tertiary alicyclic amines) is 1. The number of aryl methyl sites for hydroxylation is 1. The van der Waals surface area contributed by atoms with Gasteiger partial charge in [0.05, 0.1) is 12.7 Å². The first kappa shape index (κ1) is 15.9. The minimum absolute atomic E-state index is 0.0180. The van der Waals surface area contributed by atoms with E-state index in [2.05, 4.69) is 51.4 Å². The van der Waals surface area contributed by atoms with Gasteiger partial charge >= 0.3 is 0 Å². The second-order valence-electron chi connectivity index (χ2n) is 7.71. The van der Waals surface area contributed by atoms with Crippen molar-refractivity contribution in [2.75, 3.05) is 31.5 Å². The van der Waals surface area contributed by atoms with Crippen LogP contribution < -0.4 is 5.32 Å². The van der Waals surface area contributed by atoms with Gasteiger partial charge < -0.3 is 10.2 Å². The largest absolute Gasteiger partial charge is 0.362 e. The van der Waals surface area contributed by atoms with Gasteiger partial charge in [0.15, 0.2) is 0 Å². The summed E-state index contributed by atoms with van der Waals surface area (Å²) in [6, 6.07) is 8.61. The smallest absolute Gasteiger partial charge is 0.134 e. The molecule has 1 saturated heterocycles. The van der Waals surface area contributed by atoms with E-state index in [1.54, 1.807) is 0 Å². The molecule has 0 bridgehead atoms. The van der Waals surface area contributed by atoms with Gasteiger partial charge in [-0.1, -0.05) is 12.1 Å². The van der Waals surface area contributed by atoms with Gasteiger partial charge in [0.2, 0.25) is 0 Å². The molecule has 0 saturated carbocycles. The summed E-state index contributed by atoms with van der Waals surface area (Å²) in [5.41, 5.74) is 5.12. The van der Waals surface area contributed by atoms with Crippen molar-refractivity contribution in [3.8, 4) is 0 Å². The standard InChI is InChI=1S/C20H26N6/c1-15-16(13-22-24(15)2)14-25-10-7-20(8-11-25)23-18-6-4-3-5-17(18)19-21-9-12-26(19)20/h3-6,13,23H,7-12,14H2,1-2H3. The molecule has 0 atom stereocenters. The highest BCUT2D eigenvalue weighted by atomic mass is 15.4. The Morgan fingerprint density at radius 1 is 1.15 bits per heavy atom. The Labute approximate surface area is 154 Å². The van der Waals surface area contributed by atoms with E-state index in [1.807, 2.05) is 17.9 Å². The number of piperidine rings is 1. The molecule has 1 aromatic heterocycles. The summed E-state index contributed by atoms with van der Waals surface area (Å²) in [7, 11) is 2.02. The van der Waals surface area contributed by atoms with Crippen LogP contribution in [0, 0.1) is 6.92 Å². The average molecular weight is 350 g/mol. The van der Waals surface area contributed by atoms with Crippen molar-refractivity contribution >= 4 is 11.5 Å². The summed E-state index contributed by atoms with van der Waals surface area (Å²) in [4.78, 5) is 9.92. The number of aliphatic imine (C=N–C) groups is 1. The van der Waals surface area contributed by atoms with Crippen LogP contribution in [0.1, 0.15) is 29.7 Å². The molecule has 6 nitrogen and oxygen atoms in total. The van der Waals surface area contributed by atoms with Gasteiger partial charge in [0.1, 0.15) is 11.5 Å². The predicted octanol–water partition coefficient (Wildman–Crippen LogP) is 2.21. The molecule has 136 valence electrons. The van der Waals surface area contributed by atoms with Crippen LogP contribution in [-0.2, 0) is 13.6 Å². The van der Waals surface area contributed by atoms with Crippen LogP contribution in [0.25, 0.3) is 0 Å². The molecule has 26 heavy (non-hydrogen) atoms. The maximum atomic E-state index is 4.83. The van der Waals surface area contributed by atoms with Crippen LogP contribution in [0.3, 0.4) is 0 Å². The van der Waals surface area contributed by atoms with Gasteiger partial charge in [-0.2, -0.15) is 5.10 Å². The van der Waals surface area contributed by atoms with Gasteiger partial charge in [-0.3, -0.25) is 14.6 Å². The molecule has 4 heterocycles. The molecule has 6 heteroatoms. The van der Waals surface area contributed by atoms with Gasteiger partial charge in [-0.15, -0.1) is 0 Å². The molecule has 0 amide bonds. The van der Waals surface area contributed by atoms with Crippen molar-refractivity contribution in [3.63, 3.8) is 0 Å². The highest BCUT2D eigenvalue weighted by molar-refractivity contribution is 6.06. The summed E-state index contributed by atoms with van der Waals surface area (Å²) in [6.07, 6.45) is 4.24. The Hall–Kier alpha value is -2.34. The fraction of sp³-hybridized carbons (Fsp3) is 0.500. The highest BCUT2D eigenvalue weighted by Gasteiger charge is 2.46. The Bertz CT molecular complexity index is 859. The molecule has 5 rings (SSSR count). The number of amidine groups is 1. The van der Waals surface area contributed by atoms with Crippen LogP contribution >= 0.6 is 0 Å². The summed E-state index contributed by atoms with van der Waals surface area (Å²) in [6.45, 7) is 7.26. The number of anilines is 1. The summed E-state index contributed by atoms with van der Waals surface area (Å²) in [5, 5.41) is 8.27. The van der Waals surface area contributed by atoms with Crippen LogP contribution in [-0.4, -0.2) is 57.3 Å². The maximum Gasteiger partial charge on any atom is 0.134 e. The number of nitrogens with zero attached hydrogens (tertiary/aromatic N) is 5. The number of nitrogens with one attached hydrogen (secondary N) is 1. The number of hydrogen-bond donors (Lipinski definition) is 1. The number of fused-ring (bicyclic) bond motifs is 4. The lowest BCUT2D eigenvalue weighted by Gasteiger charge is -2.52. The predicted molar refractivity (Wildman–Crippen MR) is 103 cm³/mol. The third-order valence-corrected chi connectivity index (χ3v) is 6.31. The fourth-order valence-electron chi connectivity index (χ4n) is 4.62. The van der Waals surface area contributed by atoms with E-state index in [0.29, 0.717) is 0 Å². The normalized spacial score (nSPS) is 21.3. The van der Waals surface area contributed by atoms with Crippen LogP contribution in [0.4, 0.5) is 5.69 Å². The van der Waals surface area contributed by atoms with E-state index < -0.39 is 0 Å². The second-order valence-corrected chi connectivity index (χ2v) is 7.71. The molecule has 1 aromatic carbocycles. The van der Waals surface area contributed by atoms with E-state index >= 15 is 0 Å².